The monoisotopic (exact) mass is 247 g/mol. The highest BCUT2D eigenvalue weighted by Gasteiger charge is 2.07. The Bertz CT molecular complexity index is 357. The smallest absolute Gasteiger partial charge is 0.211 e. The Kier molecular flexibility index (Phi) is 5.28. The molecule has 0 spiro atoms. The minimum absolute atomic E-state index is 0.244. The van der Waals surface area contributed by atoms with Crippen molar-refractivity contribution in [3.63, 3.8) is 0 Å². The van der Waals surface area contributed by atoms with Crippen LogP contribution in [-0.4, -0.2) is 20.7 Å². The van der Waals surface area contributed by atoms with E-state index in [0.29, 0.717) is 6.54 Å². The van der Waals surface area contributed by atoms with Gasteiger partial charge in [-0.2, -0.15) is 0 Å². The number of unbranched alkanes of at least 4 members (excludes halogenated alkanes) is 1. The lowest BCUT2D eigenvalue weighted by Crippen LogP contribution is -2.28. The summed E-state index contributed by atoms with van der Waals surface area (Å²) in [6.45, 7) is 2.49. The summed E-state index contributed by atoms with van der Waals surface area (Å²) >= 11 is 1.66. The van der Waals surface area contributed by atoms with E-state index in [4.69, 9.17) is 0 Å². The lowest BCUT2D eigenvalue weighted by molar-refractivity contribution is 0.578. The Morgan fingerprint density at radius 3 is 2.87 bits per heavy atom. The summed E-state index contributed by atoms with van der Waals surface area (Å²) in [5, 5.41) is 2.00. The maximum Gasteiger partial charge on any atom is 0.211 e. The van der Waals surface area contributed by atoms with Crippen molar-refractivity contribution in [2.75, 3.05) is 12.3 Å². The van der Waals surface area contributed by atoms with Crippen LogP contribution in [0.1, 0.15) is 24.6 Å². The lowest BCUT2D eigenvalue weighted by Gasteiger charge is -2.04. The molecule has 0 aromatic carbocycles. The molecule has 0 unspecified atom stereocenters. The van der Waals surface area contributed by atoms with Crippen molar-refractivity contribution in [3.8, 4) is 0 Å². The SMILES string of the molecule is CCCCS(=O)(=O)NCCc1cccs1. The predicted molar refractivity (Wildman–Crippen MR) is 64.7 cm³/mol. The molecule has 0 amide bonds. The zero-order valence-electron chi connectivity index (χ0n) is 8.90. The van der Waals surface area contributed by atoms with Crippen molar-refractivity contribution >= 4 is 21.4 Å². The van der Waals surface area contributed by atoms with Crippen molar-refractivity contribution in [2.45, 2.75) is 26.2 Å². The van der Waals surface area contributed by atoms with Gasteiger partial charge in [-0.1, -0.05) is 19.4 Å². The molecule has 0 aliphatic rings. The first-order valence-electron chi connectivity index (χ1n) is 5.14. The Hall–Kier alpha value is -0.390. The molecule has 15 heavy (non-hydrogen) atoms. The number of hydrogen-bond donors (Lipinski definition) is 1. The largest absolute Gasteiger partial charge is 0.215 e. The first-order chi connectivity index (χ1) is 7.14. The lowest BCUT2D eigenvalue weighted by atomic mass is 10.3. The Morgan fingerprint density at radius 1 is 1.47 bits per heavy atom. The molecule has 1 rings (SSSR count). The first-order valence-corrected chi connectivity index (χ1v) is 7.67. The Labute approximate surface area is 95.6 Å². The highest BCUT2D eigenvalue weighted by molar-refractivity contribution is 7.89. The van der Waals surface area contributed by atoms with Gasteiger partial charge in [0, 0.05) is 11.4 Å². The van der Waals surface area contributed by atoms with Crippen molar-refractivity contribution < 1.29 is 8.42 Å². The standard InChI is InChI=1S/C10H17NO2S2/c1-2-3-9-15(12,13)11-7-6-10-5-4-8-14-10/h4-5,8,11H,2-3,6-7,9H2,1H3. The summed E-state index contributed by atoms with van der Waals surface area (Å²) in [5.41, 5.74) is 0. The van der Waals surface area contributed by atoms with E-state index in [-0.39, 0.29) is 5.75 Å². The number of thiophene rings is 1. The zero-order chi connectivity index (χ0) is 11.1. The predicted octanol–water partition coefficient (Wildman–Crippen LogP) is 2.01. The van der Waals surface area contributed by atoms with E-state index in [9.17, 15) is 8.42 Å². The van der Waals surface area contributed by atoms with Gasteiger partial charge in [0.15, 0.2) is 0 Å². The Morgan fingerprint density at radius 2 is 2.27 bits per heavy atom. The quantitative estimate of drug-likeness (QED) is 0.801. The van der Waals surface area contributed by atoms with Crippen molar-refractivity contribution in [3.05, 3.63) is 22.4 Å². The molecule has 1 aromatic rings. The van der Waals surface area contributed by atoms with Crippen LogP contribution < -0.4 is 4.72 Å². The van der Waals surface area contributed by atoms with Gasteiger partial charge in [-0.3, -0.25) is 0 Å². The number of rotatable bonds is 7. The number of hydrogen-bond acceptors (Lipinski definition) is 3. The fourth-order valence-electron chi connectivity index (χ4n) is 1.19. The number of nitrogens with one attached hydrogen (secondary N) is 1. The molecule has 86 valence electrons. The summed E-state index contributed by atoms with van der Waals surface area (Å²) in [6.07, 6.45) is 2.42. The van der Waals surface area contributed by atoms with Gasteiger partial charge in [0.2, 0.25) is 10.0 Å². The van der Waals surface area contributed by atoms with E-state index in [0.717, 1.165) is 19.3 Å². The van der Waals surface area contributed by atoms with Gasteiger partial charge in [-0.15, -0.1) is 11.3 Å². The van der Waals surface area contributed by atoms with Crippen LogP contribution in [0.4, 0.5) is 0 Å². The van der Waals surface area contributed by atoms with Crippen LogP contribution in [-0.2, 0) is 16.4 Å². The minimum Gasteiger partial charge on any atom is -0.215 e. The second-order valence-corrected chi connectivity index (χ2v) is 6.35. The van der Waals surface area contributed by atoms with Gasteiger partial charge in [0.25, 0.3) is 0 Å². The maximum absolute atomic E-state index is 11.4. The average molecular weight is 247 g/mol. The maximum atomic E-state index is 11.4. The van der Waals surface area contributed by atoms with E-state index in [1.54, 1.807) is 11.3 Å². The molecule has 1 heterocycles. The fraction of sp³-hybridized carbons (Fsp3) is 0.600. The van der Waals surface area contributed by atoms with Gasteiger partial charge >= 0.3 is 0 Å². The highest BCUT2D eigenvalue weighted by atomic mass is 32.2. The molecular formula is C10H17NO2S2. The summed E-state index contributed by atoms with van der Waals surface area (Å²) in [4.78, 5) is 1.22. The number of sulfonamides is 1. The molecule has 5 heteroatoms. The van der Waals surface area contributed by atoms with Crippen LogP contribution in [0, 0.1) is 0 Å². The fourth-order valence-corrected chi connectivity index (χ4v) is 3.13. The molecule has 0 bridgehead atoms. The van der Waals surface area contributed by atoms with Gasteiger partial charge < -0.3 is 0 Å². The molecule has 0 aliphatic carbocycles. The normalized spacial score (nSPS) is 11.8. The van der Waals surface area contributed by atoms with Gasteiger partial charge in [0.05, 0.1) is 5.75 Å². The molecule has 0 saturated heterocycles. The molecule has 1 aromatic heterocycles. The Balaban J connectivity index is 2.24. The average Bonchev–Trinajstić information content (AvgIpc) is 2.67. The van der Waals surface area contributed by atoms with Gasteiger partial charge in [0.1, 0.15) is 0 Å². The van der Waals surface area contributed by atoms with Crippen LogP contribution >= 0.6 is 11.3 Å². The molecule has 1 N–H and O–H groups in total. The third-order valence-corrected chi connectivity index (χ3v) is 4.45. The third-order valence-electron chi connectivity index (χ3n) is 2.04. The molecule has 0 atom stereocenters. The van der Waals surface area contributed by atoms with Crippen molar-refractivity contribution in [2.24, 2.45) is 0 Å². The zero-order valence-corrected chi connectivity index (χ0v) is 10.5. The van der Waals surface area contributed by atoms with Crippen molar-refractivity contribution in [1.29, 1.82) is 0 Å². The second-order valence-electron chi connectivity index (χ2n) is 3.40. The van der Waals surface area contributed by atoms with E-state index in [1.165, 1.54) is 4.88 Å². The molecule has 0 fully saturated rings. The minimum atomic E-state index is -3.04. The van der Waals surface area contributed by atoms with Crippen LogP contribution in [0.2, 0.25) is 0 Å². The van der Waals surface area contributed by atoms with E-state index >= 15 is 0 Å². The first kappa shape index (κ1) is 12.7. The van der Waals surface area contributed by atoms with Crippen LogP contribution in [0.3, 0.4) is 0 Å². The van der Waals surface area contributed by atoms with E-state index < -0.39 is 10.0 Å². The molecule has 0 radical (unpaired) electrons. The van der Waals surface area contributed by atoms with Crippen LogP contribution in [0.15, 0.2) is 17.5 Å². The molecule has 0 saturated carbocycles. The summed E-state index contributed by atoms with van der Waals surface area (Å²) < 4.78 is 25.4. The van der Waals surface area contributed by atoms with Gasteiger partial charge in [-0.05, 0) is 24.3 Å². The van der Waals surface area contributed by atoms with Crippen molar-refractivity contribution in [1.82, 2.24) is 4.72 Å². The third kappa shape index (κ3) is 5.30. The second kappa shape index (κ2) is 6.25. The molecular weight excluding hydrogens is 230 g/mol. The van der Waals surface area contributed by atoms with E-state index in [1.807, 2.05) is 24.4 Å². The van der Waals surface area contributed by atoms with E-state index in [2.05, 4.69) is 4.72 Å². The highest BCUT2D eigenvalue weighted by Crippen LogP contribution is 2.08. The topological polar surface area (TPSA) is 46.2 Å². The van der Waals surface area contributed by atoms with Gasteiger partial charge in [-0.25, -0.2) is 13.1 Å². The summed E-state index contributed by atoms with van der Waals surface area (Å²) in [6, 6.07) is 4.00. The van der Waals surface area contributed by atoms with Crippen LogP contribution in [0.5, 0.6) is 0 Å². The molecule has 3 nitrogen and oxygen atoms in total. The summed E-state index contributed by atoms with van der Waals surface area (Å²) in [5.74, 6) is 0.244. The van der Waals surface area contributed by atoms with Crippen LogP contribution in [0.25, 0.3) is 0 Å². The summed E-state index contributed by atoms with van der Waals surface area (Å²) in [7, 11) is -3.04. The molecule has 0 aliphatic heterocycles.